The molecule has 0 saturated heterocycles. The fourth-order valence-electron chi connectivity index (χ4n) is 4.10. The van der Waals surface area contributed by atoms with Crippen LogP contribution in [0.5, 0.6) is 0 Å². The van der Waals surface area contributed by atoms with Crippen molar-refractivity contribution >= 4 is 45.2 Å². The summed E-state index contributed by atoms with van der Waals surface area (Å²) in [6.07, 6.45) is 12.2. The van der Waals surface area contributed by atoms with Gasteiger partial charge in [0.25, 0.3) is 0 Å². The summed E-state index contributed by atoms with van der Waals surface area (Å²) in [6.45, 7) is 1.83. The minimum atomic E-state index is -2.41. The quantitative estimate of drug-likeness (QED) is 0.157. The highest BCUT2D eigenvalue weighted by Gasteiger charge is 2.25. The first kappa shape index (κ1) is 23.0. The smallest absolute Gasteiger partial charge is 0.234 e. The third-order valence-electron chi connectivity index (χ3n) is 5.80. The summed E-state index contributed by atoms with van der Waals surface area (Å²) >= 11 is 17.8. The van der Waals surface area contributed by atoms with E-state index in [0.29, 0.717) is 6.42 Å². The Bertz CT molecular complexity index is 609. The summed E-state index contributed by atoms with van der Waals surface area (Å²) in [7, 11) is 0. The molecule has 0 spiro atoms. The van der Waals surface area contributed by atoms with E-state index in [2.05, 4.69) is 24.3 Å². The highest BCUT2D eigenvalue weighted by molar-refractivity contribution is 7.64. The molecule has 0 bridgehead atoms. The van der Waals surface area contributed by atoms with Crippen molar-refractivity contribution in [2.45, 2.75) is 77.2 Å². The van der Waals surface area contributed by atoms with Crippen molar-refractivity contribution in [3.05, 3.63) is 41.0 Å². The molecule has 1 aromatic rings. The van der Waals surface area contributed by atoms with E-state index < -0.39 is 6.00 Å². The number of halogens is 3. The van der Waals surface area contributed by atoms with Gasteiger partial charge in [0.1, 0.15) is 5.94 Å². The summed E-state index contributed by atoms with van der Waals surface area (Å²) in [4.78, 5) is 10.6. The van der Waals surface area contributed by atoms with Crippen molar-refractivity contribution in [2.24, 2.45) is 11.8 Å². The molecule has 1 nitrogen and oxygen atoms in total. The molecule has 0 atom stereocenters. The standard InChI is InChI=1S/C22H31Cl3OSi/c1-18(17-26)16-22-13-11-21(12-14-22)10-9-20-7-5-19(6-8-20)4-2-3-15-27(23,24)25/h11-14,19-20H,2-10,15-16H2,1H3. The number of hydrogen-bond acceptors (Lipinski definition) is 1. The first-order valence-corrected chi connectivity index (χ1v) is 15.4. The molecule has 27 heavy (non-hydrogen) atoms. The molecular weight excluding hydrogens is 415 g/mol. The molecular formula is C22H31Cl3OSi. The van der Waals surface area contributed by atoms with Crippen LogP contribution in [0.2, 0.25) is 6.04 Å². The summed E-state index contributed by atoms with van der Waals surface area (Å²) < 4.78 is 0. The summed E-state index contributed by atoms with van der Waals surface area (Å²) in [5, 5.41) is 0. The van der Waals surface area contributed by atoms with Gasteiger partial charge in [0.15, 0.2) is 0 Å². The maximum Gasteiger partial charge on any atom is 0.341 e. The second kappa shape index (κ2) is 11.7. The molecule has 1 aromatic carbocycles. The van der Waals surface area contributed by atoms with Crippen LogP contribution in [0, 0.1) is 11.8 Å². The van der Waals surface area contributed by atoms with Crippen LogP contribution < -0.4 is 0 Å². The Labute approximate surface area is 179 Å². The Morgan fingerprint density at radius 1 is 0.963 bits per heavy atom. The number of hydrogen-bond donors (Lipinski definition) is 0. The van der Waals surface area contributed by atoms with Crippen LogP contribution in [0.15, 0.2) is 29.8 Å². The van der Waals surface area contributed by atoms with Gasteiger partial charge in [-0.2, -0.15) is 0 Å². The van der Waals surface area contributed by atoms with Crippen LogP contribution in [-0.2, 0) is 17.6 Å². The van der Waals surface area contributed by atoms with Crippen molar-refractivity contribution in [1.29, 1.82) is 0 Å². The molecule has 1 aliphatic carbocycles. The average molecular weight is 446 g/mol. The van der Waals surface area contributed by atoms with Gasteiger partial charge in [-0.05, 0) is 48.8 Å². The minimum absolute atomic E-state index is 0.706. The maximum absolute atomic E-state index is 10.6. The Hall–Kier alpha value is -0.243. The van der Waals surface area contributed by atoms with Gasteiger partial charge in [-0.15, -0.1) is 33.2 Å². The maximum atomic E-state index is 10.6. The van der Waals surface area contributed by atoms with E-state index in [1.807, 2.05) is 12.9 Å². The van der Waals surface area contributed by atoms with E-state index in [-0.39, 0.29) is 0 Å². The minimum Gasteiger partial charge on any atom is -0.234 e. The Balaban J connectivity index is 1.62. The zero-order valence-electron chi connectivity index (χ0n) is 16.3. The number of unbranched alkanes of at least 4 members (excludes halogenated alkanes) is 1. The topological polar surface area (TPSA) is 17.1 Å². The zero-order chi connectivity index (χ0) is 19.7. The molecule has 150 valence electrons. The lowest BCUT2D eigenvalue weighted by Gasteiger charge is -2.28. The molecule has 0 heterocycles. The number of aryl methyl sites for hydroxylation is 1. The SMILES string of the molecule is CC(=C=O)Cc1ccc(CCC2CCC(CCCC[Si](Cl)(Cl)Cl)CC2)cc1. The largest absolute Gasteiger partial charge is 0.341 e. The molecule has 0 radical (unpaired) electrons. The second-order valence-electron chi connectivity index (χ2n) is 8.16. The first-order chi connectivity index (χ1) is 12.9. The fraction of sp³-hybridized carbons (Fsp3) is 0.636. The predicted molar refractivity (Wildman–Crippen MR) is 121 cm³/mol. The highest BCUT2D eigenvalue weighted by Crippen LogP contribution is 2.35. The van der Waals surface area contributed by atoms with Crippen molar-refractivity contribution < 1.29 is 4.79 Å². The van der Waals surface area contributed by atoms with Crippen molar-refractivity contribution in [2.75, 3.05) is 0 Å². The third kappa shape index (κ3) is 9.68. The van der Waals surface area contributed by atoms with Crippen molar-refractivity contribution in [3.63, 3.8) is 0 Å². The monoisotopic (exact) mass is 444 g/mol. The molecule has 0 N–H and O–H groups in total. The van der Waals surface area contributed by atoms with Gasteiger partial charge in [-0.1, -0.05) is 69.2 Å². The normalized spacial score (nSPS) is 20.3. The lowest BCUT2D eigenvalue weighted by molar-refractivity contribution is 0.250. The van der Waals surface area contributed by atoms with Gasteiger partial charge in [0.2, 0.25) is 0 Å². The summed E-state index contributed by atoms with van der Waals surface area (Å²) in [5.74, 6) is 3.72. The Morgan fingerprint density at radius 3 is 2.07 bits per heavy atom. The van der Waals surface area contributed by atoms with Gasteiger partial charge >= 0.3 is 6.00 Å². The van der Waals surface area contributed by atoms with E-state index in [4.69, 9.17) is 33.2 Å². The molecule has 1 fully saturated rings. The molecule has 5 heteroatoms. The first-order valence-electron chi connectivity index (χ1n) is 10.2. The van der Waals surface area contributed by atoms with Crippen LogP contribution in [-0.4, -0.2) is 11.9 Å². The van der Waals surface area contributed by atoms with Gasteiger partial charge in [-0.3, -0.25) is 0 Å². The van der Waals surface area contributed by atoms with Gasteiger partial charge in [-0.25, -0.2) is 4.79 Å². The average Bonchev–Trinajstić information content (AvgIpc) is 2.65. The third-order valence-corrected chi connectivity index (χ3v) is 8.42. The van der Waals surface area contributed by atoms with Gasteiger partial charge in [0.05, 0.1) is 0 Å². The molecule has 0 amide bonds. The van der Waals surface area contributed by atoms with Crippen molar-refractivity contribution in [3.8, 4) is 0 Å². The molecule has 1 saturated carbocycles. The number of benzene rings is 1. The van der Waals surface area contributed by atoms with Crippen LogP contribution in [0.4, 0.5) is 0 Å². The van der Waals surface area contributed by atoms with E-state index >= 15 is 0 Å². The number of allylic oxidation sites excluding steroid dienone is 1. The lowest BCUT2D eigenvalue weighted by Crippen LogP contribution is -2.15. The van der Waals surface area contributed by atoms with Crippen LogP contribution >= 0.6 is 33.2 Å². The molecule has 0 aliphatic heterocycles. The van der Waals surface area contributed by atoms with E-state index in [0.717, 1.165) is 36.3 Å². The van der Waals surface area contributed by atoms with Crippen LogP contribution in [0.3, 0.4) is 0 Å². The molecule has 1 aliphatic rings. The molecule has 2 rings (SSSR count). The predicted octanol–water partition coefficient (Wildman–Crippen LogP) is 7.57. The van der Waals surface area contributed by atoms with E-state index in [1.54, 1.807) is 0 Å². The number of rotatable bonds is 10. The second-order valence-corrected chi connectivity index (χ2v) is 17.4. The van der Waals surface area contributed by atoms with Gasteiger partial charge in [0, 0.05) is 12.0 Å². The van der Waals surface area contributed by atoms with E-state index in [9.17, 15) is 4.79 Å². The van der Waals surface area contributed by atoms with Crippen LogP contribution in [0.25, 0.3) is 0 Å². The van der Waals surface area contributed by atoms with Crippen LogP contribution in [0.1, 0.15) is 69.4 Å². The van der Waals surface area contributed by atoms with E-state index in [1.165, 1.54) is 56.1 Å². The Kier molecular flexibility index (Phi) is 9.97. The van der Waals surface area contributed by atoms with Crippen molar-refractivity contribution in [1.82, 2.24) is 0 Å². The fourth-order valence-corrected chi connectivity index (χ4v) is 5.96. The molecule has 0 unspecified atom stereocenters. The van der Waals surface area contributed by atoms with Gasteiger partial charge < -0.3 is 0 Å². The Morgan fingerprint density at radius 2 is 1.52 bits per heavy atom. The zero-order valence-corrected chi connectivity index (χ0v) is 19.6. The highest BCUT2D eigenvalue weighted by atomic mass is 35.8. The molecule has 0 aromatic heterocycles. The lowest BCUT2D eigenvalue weighted by atomic mass is 9.78. The summed E-state index contributed by atoms with van der Waals surface area (Å²) in [6, 6.07) is 7.11. The number of carbonyl (C=O) groups excluding carboxylic acids is 1. The summed E-state index contributed by atoms with van der Waals surface area (Å²) in [5.41, 5.74) is 3.36.